The van der Waals surface area contributed by atoms with Crippen LogP contribution in [0.1, 0.15) is 10.5 Å². The Kier molecular flexibility index (Phi) is 3.49. The van der Waals surface area contributed by atoms with Crippen LogP contribution >= 0.6 is 15.9 Å². The molecule has 0 saturated carbocycles. The third-order valence-electron chi connectivity index (χ3n) is 2.12. The lowest BCUT2D eigenvalue weighted by Crippen LogP contribution is -2.04. The molecule has 0 N–H and O–H groups in total. The van der Waals surface area contributed by atoms with Crippen LogP contribution in [0, 0.1) is 0 Å². The molecule has 0 aromatic carbocycles. The largest absolute Gasteiger partial charge is 0.464 e. The van der Waals surface area contributed by atoms with E-state index in [1.165, 1.54) is 7.11 Å². The summed E-state index contributed by atoms with van der Waals surface area (Å²) in [7, 11) is 1.33. The number of aromatic nitrogens is 2. The van der Waals surface area contributed by atoms with Crippen molar-refractivity contribution in [3.63, 3.8) is 0 Å². The highest BCUT2D eigenvalue weighted by molar-refractivity contribution is 9.10. The van der Waals surface area contributed by atoms with E-state index in [2.05, 4.69) is 30.6 Å². The van der Waals surface area contributed by atoms with Crippen LogP contribution in [0.3, 0.4) is 0 Å². The third-order valence-corrected chi connectivity index (χ3v) is 2.56. The van der Waals surface area contributed by atoms with Crippen LogP contribution < -0.4 is 0 Å². The molecule has 0 saturated heterocycles. The van der Waals surface area contributed by atoms with Gasteiger partial charge in [0.2, 0.25) is 0 Å². The van der Waals surface area contributed by atoms with Crippen molar-refractivity contribution in [2.24, 2.45) is 0 Å². The van der Waals surface area contributed by atoms with Gasteiger partial charge in [0.1, 0.15) is 10.3 Å². The summed E-state index contributed by atoms with van der Waals surface area (Å²) in [5, 5.41) is 0. The number of esters is 1. The molecule has 0 atom stereocenters. The molecule has 0 aliphatic carbocycles. The van der Waals surface area contributed by atoms with Crippen LogP contribution in [0.4, 0.5) is 0 Å². The Balaban J connectivity index is 2.43. The van der Waals surface area contributed by atoms with Gasteiger partial charge in [-0.3, -0.25) is 0 Å². The fraction of sp³-hybridized carbons (Fsp3) is 0.0833. The van der Waals surface area contributed by atoms with Crippen molar-refractivity contribution in [2.75, 3.05) is 7.11 Å². The molecule has 4 nitrogen and oxygen atoms in total. The molecule has 0 fully saturated rings. The maximum Gasteiger partial charge on any atom is 0.356 e. The molecular weight excluding hydrogens is 284 g/mol. The first-order valence-corrected chi connectivity index (χ1v) is 5.68. The predicted octanol–water partition coefficient (Wildman–Crippen LogP) is 2.69. The lowest BCUT2D eigenvalue weighted by molar-refractivity contribution is 0.0594. The minimum atomic E-state index is -0.457. The van der Waals surface area contributed by atoms with E-state index in [1.807, 2.05) is 18.2 Å². The lowest BCUT2D eigenvalue weighted by Gasteiger charge is -2.03. The molecule has 0 radical (unpaired) electrons. The number of ether oxygens (including phenoxy) is 1. The van der Waals surface area contributed by atoms with Crippen LogP contribution in [-0.4, -0.2) is 23.0 Å². The van der Waals surface area contributed by atoms with E-state index in [-0.39, 0.29) is 5.69 Å². The maximum atomic E-state index is 11.3. The van der Waals surface area contributed by atoms with Crippen molar-refractivity contribution >= 4 is 21.9 Å². The van der Waals surface area contributed by atoms with E-state index >= 15 is 0 Å². The molecule has 0 aliphatic heterocycles. The quantitative estimate of drug-likeness (QED) is 0.631. The molecule has 86 valence electrons. The zero-order valence-electron chi connectivity index (χ0n) is 9.05. The summed E-state index contributed by atoms with van der Waals surface area (Å²) in [6.45, 7) is 0. The smallest absolute Gasteiger partial charge is 0.356 e. The van der Waals surface area contributed by atoms with Gasteiger partial charge in [-0.25, -0.2) is 14.8 Å². The van der Waals surface area contributed by atoms with E-state index in [9.17, 15) is 4.79 Å². The van der Waals surface area contributed by atoms with Crippen molar-refractivity contribution in [1.82, 2.24) is 9.97 Å². The average Bonchev–Trinajstić information content (AvgIpc) is 2.38. The maximum absolute atomic E-state index is 11.3. The summed E-state index contributed by atoms with van der Waals surface area (Å²) in [4.78, 5) is 19.8. The number of pyridine rings is 2. The lowest BCUT2D eigenvalue weighted by atomic mass is 10.2. The standard InChI is InChI=1S/C12H9BrN2O2/c1-17-12(16)10-6-2-4-8(14-10)9-5-3-7-11(13)15-9/h2-7H,1H3. The summed E-state index contributed by atoms with van der Waals surface area (Å²) in [5.41, 5.74) is 1.60. The molecule has 2 aromatic heterocycles. The van der Waals surface area contributed by atoms with Gasteiger partial charge in [-0.15, -0.1) is 0 Å². The van der Waals surface area contributed by atoms with Crippen molar-refractivity contribution in [2.45, 2.75) is 0 Å². The number of hydrogen-bond acceptors (Lipinski definition) is 4. The van der Waals surface area contributed by atoms with Crippen molar-refractivity contribution < 1.29 is 9.53 Å². The number of nitrogens with zero attached hydrogens (tertiary/aromatic N) is 2. The number of halogens is 1. The first-order chi connectivity index (χ1) is 8.20. The molecule has 17 heavy (non-hydrogen) atoms. The molecule has 0 aliphatic rings. The summed E-state index contributed by atoms with van der Waals surface area (Å²) in [5.74, 6) is -0.457. The zero-order chi connectivity index (χ0) is 12.3. The molecule has 5 heteroatoms. The number of carbonyl (C=O) groups is 1. The Bertz CT molecular complexity index is 558. The summed E-state index contributed by atoms with van der Waals surface area (Å²) < 4.78 is 5.34. The van der Waals surface area contributed by atoms with Gasteiger partial charge in [-0.1, -0.05) is 12.1 Å². The van der Waals surface area contributed by atoms with Gasteiger partial charge in [-0.2, -0.15) is 0 Å². The van der Waals surface area contributed by atoms with Crippen molar-refractivity contribution in [3.8, 4) is 11.4 Å². The van der Waals surface area contributed by atoms with Crippen LogP contribution in [0.5, 0.6) is 0 Å². The van der Waals surface area contributed by atoms with Gasteiger partial charge < -0.3 is 4.74 Å². The minimum Gasteiger partial charge on any atom is -0.464 e. The Morgan fingerprint density at radius 2 is 1.76 bits per heavy atom. The van der Waals surface area contributed by atoms with Gasteiger partial charge in [0.25, 0.3) is 0 Å². The molecule has 0 amide bonds. The average molecular weight is 293 g/mol. The molecule has 0 unspecified atom stereocenters. The Hall–Kier alpha value is -1.75. The monoisotopic (exact) mass is 292 g/mol. The zero-order valence-corrected chi connectivity index (χ0v) is 10.6. The van der Waals surface area contributed by atoms with Crippen LogP contribution in [0.2, 0.25) is 0 Å². The predicted molar refractivity (Wildman–Crippen MR) is 66.5 cm³/mol. The molecular formula is C12H9BrN2O2. The number of carbonyl (C=O) groups excluding carboxylic acids is 1. The molecule has 2 aromatic rings. The fourth-order valence-electron chi connectivity index (χ4n) is 1.35. The van der Waals surface area contributed by atoms with E-state index in [1.54, 1.807) is 18.2 Å². The van der Waals surface area contributed by atoms with Crippen molar-refractivity contribution in [3.05, 3.63) is 46.7 Å². The molecule has 0 bridgehead atoms. The fourth-order valence-corrected chi connectivity index (χ4v) is 1.69. The van der Waals surface area contributed by atoms with E-state index in [0.29, 0.717) is 11.4 Å². The van der Waals surface area contributed by atoms with Crippen LogP contribution in [0.25, 0.3) is 11.4 Å². The van der Waals surface area contributed by atoms with Gasteiger partial charge in [0.15, 0.2) is 0 Å². The van der Waals surface area contributed by atoms with Gasteiger partial charge in [-0.05, 0) is 40.2 Å². The Morgan fingerprint density at radius 1 is 1.12 bits per heavy atom. The second-order valence-electron chi connectivity index (χ2n) is 3.25. The first-order valence-electron chi connectivity index (χ1n) is 4.89. The molecule has 2 heterocycles. The highest BCUT2D eigenvalue weighted by Gasteiger charge is 2.09. The van der Waals surface area contributed by atoms with Crippen molar-refractivity contribution in [1.29, 1.82) is 0 Å². The minimum absolute atomic E-state index is 0.270. The summed E-state index contributed by atoms with van der Waals surface area (Å²) >= 11 is 3.29. The SMILES string of the molecule is COC(=O)c1cccc(-c2cccc(Br)n2)n1. The first kappa shape index (κ1) is 11.7. The third kappa shape index (κ3) is 2.68. The summed E-state index contributed by atoms with van der Waals surface area (Å²) in [6, 6.07) is 10.7. The van der Waals surface area contributed by atoms with E-state index in [0.717, 1.165) is 4.60 Å². The highest BCUT2D eigenvalue weighted by atomic mass is 79.9. The second-order valence-corrected chi connectivity index (χ2v) is 4.06. The number of hydrogen-bond donors (Lipinski definition) is 0. The normalized spacial score (nSPS) is 10.0. The van der Waals surface area contributed by atoms with Crippen LogP contribution in [0.15, 0.2) is 41.0 Å². The van der Waals surface area contributed by atoms with Crippen LogP contribution in [-0.2, 0) is 4.74 Å². The van der Waals surface area contributed by atoms with Gasteiger partial charge >= 0.3 is 5.97 Å². The molecule has 2 rings (SSSR count). The summed E-state index contributed by atoms with van der Waals surface area (Å²) in [6.07, 6.45) is 0. The Labute approximate surface area is 107 Å². The highest BCUT2D eigenvalue weighted by Crippen LogP contribution is 2.17. The topological polar surface area (TPSA) is 52.1 Å². The van der Waals surface area contributed by atoms with E-state index in [4.69, 9.17) is 0 Å². The molecule has 0 spiro atoms. The second kappa shape index (κ2) is 5.05. The number of methoxy groups -OCH3 is 1. The van der Waals surface area contributed by atoms with E-state index < -0.39 is 5.97 Å². The number of rotatable bonds is 2. The van der Waals surface area contributed by atoms with Gasteiger partial charge in [0.05, 0.1) is 18.5 Å². The Morgan fingerprint density at radius 3 is 2.41 bits per heavy atom. The van der Waals surface area contributed by atoms with Gasteiger partial charge in [0, 0.05) is 0 Å².